The number of carbonyl (C=O) groups is 2. The molecule has 0 bridgehead atoms. The van der Waals surface area contributed by atoms with Gasteiger partial charge in [0, 0.05) is 0 Å². The van der Waals surface area contributed by atoms with Gasteiger partial charge in [0.05, 0.1) is 25.3 Å². The SMILES string of the molecule is COC(=O)c1cc2c(c(C(=O)OC)c1)CCC2. The molecule has 0 atom stereocenters. The summed E-state index contributed by atoms with van der Waals surface area (Å²) in [5, 5.41) is 0. The lowest BCUT2D eigenvalue weighted by atomic mass is 9.99. The first-order valence-electron chi connectivity index (χ1n) is 5.49. The molecule has 4 nitrogen and oxygen atoms in total. The molecule has 0 saturated heterocycles. The van der Waals surface area contributed by atoms with Gasteiger partial charge in [0.15, 0.2) is 0 Å². The standard InChI is InChI=1S/C13H14O4/c1-16-12(14)9-6-8-4-3-5-10(8)11(7-9)13(15)17-2/h6-7H,3-5H2,1-2H3. The molecule has 0 saturated carbocycles. The fourth-order valence-corrected chi connectivity index (χ4v) is 2.23. The summed E-state index contributed by atoms with van der Waals surface area (Å²) in [5.41, 5.74) is 2.95. The zero-order valence-electron chi connectivity index (χ0n) is 9.91. The number of carbonyl (C=O) groups excluding carboxylic acids is 2. The monoisotopic (exact) mass is 234 g/mol. The van der Waals surface area contributed by atoms with Gasteiger partial charge in [0.1, 0.15) is 0 Å². The average Bonchev–Trinajstić information content (AvgIpc) is 2.83. The third kappa shape index (κ3) is 2.02. The highest BCUT2D eigenvalue weighted by atomic mass is 16.5. The van der Waals surface area contributed by atoms with E-state index in [0.29, 0.717) is 11.1 Å². The molecule has 0 spiro atoms. The van der Waals surface area contributed by atoms with Crippen LogP contribution >= 0.6 is 0 Å². The van der Waals surface area contributed by atoms with Gasteiger partial charge in [-0.25, -0.2) is 9.59 Å². The molecule has 1 aromatic rings. The molecule has 1 aromatic carbocycles. The van der Waals surface area contributed by atoms with Crippen LogP contribution in [0.4, 0.5) is 0 Å². The normalized spacial score (nSPS) is 13.1. The first kappa shape index (κ1) is 11.6. The second kappa shape index (κ2) is 4.57. The van der Waals surface area contributed by atoms with E-state index in [-0.39, 0.29) is 0 Å². The minimum atomic E-state index is -0.426. The number of esters is 2. The molecule has 0 amide bonds. The summed E-state index contributed by atoms with van der Waals surface area (Å²) in [7, 11) is 2.67. The average molecular weight is 234 g/mol. The minimum Gasteiger partial charge on any atom is -0.465 e. The zero-order chi connectivity index (χ0) is 12.4. The molecular formula is C13H14O4. The van der Waals surface area contributed by atoms with Crippen molar-refractivity contribution in [3.8, 4) is 0 Å². The Morgan fingerprint density at radius 3 is 2.41 bits per heavy atom. The predicted molar refractivity (Wildman–Crippen MR) is 61.1 cm³/mol. The minimum absolute atomic E-state index is 0.395. The number of ether oxygens (including phenoxy) is 2. The molecule has 0 aromatic heterocycles. The molecule has 0 aliphatic heterocycles. The Hall–Kier alpha value is -1.84. The second-order valence-electron chi connectivity index (χ2n) is 4.00. The fourth-order valence-electron chi connectivity index (χ4n) is 2.23. The lowest BCUT2D eigenvalue weighted by molar-refractivity contribution is 0.0598. The van der Waals surface area contributed by atoms with Crippen molar-refractivity contribution in [2.24, 2.45) is 0 Å². The number of aryl methyl sites for hydroxylation is 1. The van der Waals surface area contributed by atoms with Crippen LogP contribution in [0.25, 0.3) is 0 Å². The smallest absolute Gasteiger partial charge is 0.338 e. The largest absolute Gasteiger partial charge is 0.465 e. The highest BCUT2D eigenvalue weighted by Gasteiger charge is 2.22. The number of fused-ring (bicyclic) bond motifs is 1. The van der Waals surface area contributed by atoms with Crippen molar-refractivity contribution in [2.75, 3.05) is 14.2 Å². The highest BCUT2D eigenvalue weighted by Crippen LogP contribution is 2.27. The van der Waals surface area contributed by atoms with Crippen LogP contribution in [0.15, 0.2) is 12.1 Å². The Kier molecular flexibility index (Phi) is 3.13. The van der Waals surface area contributed by atoms with Crippen LogP contribution < -0.4 is 0 Å². The van der Waals surface area contributed by atoms with Gasteiger partial charge < -0.3 is 9.47 Å². The van der Waals surface area contributed by atoms with Crippen molar-refractivity contribution < 1.29 is 19.1 Å². The summed E-state index contributed by atoms with van der Waals surface area (Å²) >= 11 is 0. The van der Waals surface area contributed by atoms with E-state index in [2.05, 4.69) is 4.74 Å². The van der Waals surface area contributed by atoms with Gasteiger partial charge in [0.2, 0.25) is 0 Å². The van der Waals surface area contributed by atoms with Crippen LogP contribution in [-0.2, 0) is 22.3 Å². The summed E-state index contributed by atoms with van der Waals surface area (Å²) in [5.74, 6) is -0.821. The van der Waals surface area contributed by atoms with Gasteiger partial charge in [-0.3, -0.25) is 0 Å². The maximum absolute atomic E-state index is 11.7. The lowest BCUT2D eigenvalue weighted by Crippen LogP contribution is -2.10. The van der Waals surface area contributed by atoms with Crippen LogP contribution in [0.2, 0.25) is 0 Å². The third-order valence-electron chi connectivity index (χ3n) is 3.04. The maximum atomic E-state index is 11.7. The van der Waals surface area contributed by atoms with Crippen molar-refractivity contribution in [1.29, 1.82) is 0 Å². The van der Waals surface area contributed by atoms with E-state index in [1.54, 1.807) is 12.1 Å². The molecule has 2 rings (SSSR count). The summed E-state index contributed by atoms with van der Waals surface area (Å²) < 4.78 is 9.41. The molecule has 0 unspecified atom stereocenters. The number of hydrogen-bond acceptors (Lipinski definition) is 4. The number of hydrogen-bond donors (Lipinski definition) is 0. The van der Waals surface area contributed by atoms with Gasteiger partial charge in [-0.2, -0.15) is 0 Å². The van der Waals surface area contributed by atoms with Gasteiger partial charge in [-0.1, -0.05) is 0 Å². The van der Waals surface area contributed by atoms with Gasteiger partial charge in [0.25, 0.3) is 0 Å². The van der Waals surface area contributed by atoms with Gasteiger partial charge in [-0.05, 0) is 42.5 Å². The van der Waals surface area contributed by atoms with E-state index < -0.39 is 11.9 Å². The Labute approximate surface area is 99.5 Å². The molecule has 0 N–H and O–H groups in total. The topological polar surface area (TPSA) is 52.6 Å². The van der Waals surface area contributed by atoms with E-state index in [1.165, 1.54) is 14.2 Å². The molecule has 4 heteroatoms. The number of methoxy groups -OCH3 is 2. The van der Waals surface area contributed by atoms with E-state index in [9.17, 15) is 9.59 Å². The van der Waals surface area contributed by atoms with Crippen molar-refractivity contribution in [3.05, 3.63) is 34.4 Å². The van der Waals surface area contributed by atoms with Crippen LogP contribution in [0.3, 0.4) is 0 Å². The Balaban J connectivity index is 2.53. The van der Waals surface area contributed by atoms with Crippen LogP contribution in [-0.4, -0.2) is 26.2 Å². The van der Waals surface area contributed by atoms with Crippen molar-refractivity contribution in [1.82, 2.24) is 0 Å². The predicted octanol–water partition coefficient (Wildman–Crippen LogP) is 1.75. The van der Waals surface area contributed by atoms with Crippen LogP contribution in [0, 0.1) is 0 Å². The van der Waals surface area contributed by atoms with Gasteiger partial charge in [-0.15, -0.1) is 0 Å². The molecule has 17 heavy (non-hydrogen) atoms. The molecule has 0 heterocycles. The highest BCUT2D eigenvalue weighted by molar-refractivity contribution is 5.97. The van der Waals surface area contributed by atoms with E-state index in [4.69, 9.17) is 4.74 Å². The van der Waals surface area contributed by atoms with E-state index >= 15 is 0 Å². The third-order valence-corrected chi connectivity index (χ3v) is 3.04. The Morgan fingerprint density at radius 2 is 1.76 bits per heavy atom. The van der Waals surface area contributed by atoms with Gasteiger partial charge >= 0.3 is 11.9 Å². The zero-order valence-corrected chi connectivity index (χ0v) is 9.91. The van der Waals surface area contributed by atoms with Crippen molar-refractivity contribution >= 4 is 11.9 Å². The lowest BCUT2D eigenvalue weighted by Gasteiger charge is -2.09. The molecule has 1 aliphatic carbocycles. The summed E-state index contributed by atoms with van der Waals surface area (Å²) in [6, 6.07) is 3.36. The first-order valence-corrected chi connectivity index (χ1v) is 5.49. The number of benzene rings is 1. The van der Waals surface area contributed by atoms with Crippen molar-refractivity contribution in [2.45, 2.75) is 19.3 Å². The molecule has 0 fully saturated rings. The summed E-state index contributed by atoms with van der Waals surface area (Å²) in [6.45, 7) is 0. The Morgan fingerprint density at radius 1 is 1.06 bits per heavy atom. The Bertz CT molecular complexity index is 477. The van der Waals surface area contributed by atoms with Crippen LogP contribution in [0.5, 0.6) is 0 Å². The first-order chi connectivity index (χ1) is 8.17. The number of rotatable bonds is 2. The summed E-state index contributed by atoms with van der Waals surface area (Å²) in [6.07, 6.45) is 2.76. The summed E-state index contributed by atoms with van der Waals surface area (Å²) in [4.78, 5) is 23.2. The van der Waals surface area contributed by atoms with Crippen LogP contribution in [0.1, 0.15) is 38.3 Å². The maximum Gasteiger partial charge on any atom is 0.338 e. The molecule has 1 aliphatic rings. The molecule has 0 radical (unpaired) electrons. The van der Waals surface area contributed by atoms with E-state index in [0.717, 1.165) is 30.4 Å². The molecule has 90 valence electrons. The molecular weight excluding hydrogens is 220 g/mol. The fraction of sp³-hybridized carbons (Fsp3) is 0.385. The van der Waals surface area contributed by atoms with Crippen molar-refractivity contribution in [3.63, 3.8) is 0 Å². The second-order valence-corrected chi connectivity index (χ2v) is 4.00. The van der Waals surface area contributed by atoms with E-state index in [1.807, 2.05) is 0 Å². The quantitative estimate of drug-likeness (QED) is 0.731.